The van der Waals surface area contributed by atoms with Gasteiger partial charge in [-0.3, -0.25) is 18.7 Å². The van der Waals surface area contributed by atoms with E-state index in [2.05, 4.69) is 10.6 Å². The summed E-state index contributed by atoms with van der Waals surface area (Å²) < 4.78 is 107. The Kier molecular flexibility index (Phi) is 9.49. The molecule has 14 nitrogen and oxygen atoms in total. The van der Waals surface area contributed by atoms with Crippen LogP contribution in [0.25, 0.3) is 23.3 Å². The SMILES string of the molecule is COc1ccccc1/C=C/C(=O)Nc1cc2c(cc1S(=O)(=O)O)-c1cc(S(=O)(=O)O)c(NC(=O)/C=C/c3ccccc3OC)cc1S2(=O)=O. The average Bonchev–Trinajstić information content (AvgIpc) is 3.26. The number of nitrogens with one attached hydrogen (secondary N) is 2. The fourth-order valence-corrected chi connectivity index (χ4v) is 8.02. The first-order chi connectivity index (χ1) is 23.0. The molecule has 0 bridgehead atoms. The van der Waals surface area contributed by atoms with E-state index in [9.17, 15) is 43.9 Å². The zero-order valence-corrected chi connectivity index (χ0v) is 27.9. The number of methoxy groups -OCH3 is 2. The first-order valence-electron chi connectivity index (χ1n) is 13.9. The van der Waals surface area contributed by atoms with E-state index in [0.717, 1.165) is 36.4 Å². The van der Waals surface area contributed by atoms with Crippen molar-refractivity contribution in [1.82, 2.24) is 0 Å². The number of sulfone groups is 1. The Labute approximate surface area is 281 Å². The molecular weight excluding hydrogens is 701 g/mol. The summed E-state index contributed by atoms with van der Waals surface area (Å²) in [5.41, 5.74) is -0.924. The molecule has 5 rings (SSSR count). The van der Waals surface area contributed by atoms with Gasteiger partial charge in [-0.1, -0.05) is 36.4 Å². The third-order valence-corrected chi connectivity index (χ3v) is 10.8. The number of carbonyl (C=O) groups is 2. The van der Waals surface area contributed by atoms with Crippen LogP contribution in [0, 0.1) is 0 Å². The highest BCUT2D eigenvalue weighted by molar-refractivity contribution is 7.92. The maximum absolute atomic E-state index is 13.7. The van der Waals surface area contributed by atoms with E-state index >= 15 is 0 Å². The second-order valence-corrected chi connectivity index (χ2v) is 14.9. The van der Waals surface area contributed by atoms with Crippen molar-refractivity contribution in [3.05, 3.63) is 96.1 Å². The summed E-state index contributed by atoms with van der Waals surface area (Å²) in [6.07, 6.45) is 4.77. The zero-order valence-electron chi connectivity index (χ0n) is 25.4. The fraction of sp³-hybridized carbons (Fsp3) is 0.0625. The Morgan fingerprint density at radius 3 is 1.37 bits per heavy atom. The Morgan fingerprint density at radius 1 is 0.653 bits per heavy atom. The number of para-hydroxylation sites is 2. The lowest BCUT2D eigenvalue weighted by atomic mass is 10.0. The van der Waals surface area contributed by atoms with Crippen molar-refractivity contribution in [3.8, 4) is 22.6 Å². The van der Waals surface area contributed by atoms with Crippen molar-refractivity contribution in [1.29, 1.82) is 0 Å². The van der Waals surface area contributed by atoms with Crippen LogP contribution >= 0.6 is 0 Å². The summed E-state index contributed by atoms with van der Waals surface area (Å²) in [4.78, 5) is 22.7. The van der Waals surface area contributed by atoms with Crippen molar-refractivity contribution in [2.75, 3.05) is 24.9 Å². The zero-order chi connectivity index (χ0) is 35.7. The fourth-order valence-electron chi connectivity index (χ4n) is 5.01. The molecule has 4 N–H and O–H groups in total. The second kappa shape index (κ2) is 13.3. The molecule has 49 heavy (non-hydrogen) atoms. The minimum Gasteiger partial charge on any atom is -0.496 e. The standard InChI is InChI=1S/C32H26N2O12S3/c1-45-25-9-5-3-7-19(25)11-13-31(35)33-23-17-27-21(15-29(23)48(39,40)41)22-16-30(49(42,43)44)24(18-28(22)47(27,37)38)34-32(36)14-12-20-8-4-6-10-26(20)46-2/h3-18H,1-2H3,(H,33,35)(H,34,36)(H,39,40,41)(H,42,43,44)/b13-11+,14-12+. The summed E-state index contributed by atoms with van der Waals surface area (Å²) in [6.45, 7) is 0. The van der Waals surface area contributed by atoms with Crippen molar-refractivity contribution in [3.63, 3.8) is 0 Å². The number of hydrogen-bond acceptors (Lipinski definition) is 10. The summed E-state index contributed by atoms with van der Waals surface area (Å²) >= 11 is 0. The molecule has 1 heterocycles. The van der Waals surface area contributed by atoms with Crippen LogP contribution in [0.15, 0.2) is 105 Å². The van der Waals surface area contributed by atoms with Gasteiger partial charge < -0.3 is 20.1 Å². The van der Waals surface area contributed by atoms with E-state index in [1.54, 1.807) is 48.5 Å². The van der Waals surface area contributed by atoms with Gasteiger partial charge in [0, 0.05) is 34.4 Å². The number of benzene rings is 4. The summed E-state index contributed by atoms with van der Waals surface area (Å²) in [5.74, 6) is -0.940. The molecule has 2 amide bonds. The molecule has 0 unspecified atom stereocenters. The number of hydrogen-bond donors (Lipinski definition) is 4. The Balaban J connectivity index is 1.56. The lowest BCUT2D eigenvalue weighted by molar-refractivity contribution is -0.112. The van der Waals surface area contributed by atoms with Crippen LogP contribution in [0.1, 0.15) is 11.1 Å². The molecule has 1 aliphatic rings. The highest BCUT2D eigenvalue weighted by Crippen LogP contribution is 2.48. The van der Waals surface area contributed by atoms with Gasteiger partial charge in [0.25, 0.3) is 20.2 Å². The van der Waals surface area contributed by atoms with Gasteiger partial charge in [0.15, 0.2) is 0 Å². The number of fused-ring (bicyclic) bond motifs is 3. The van der Waals surface area contributed by atoms with Crippen molar-refractivity contribution in [2.24, 2.45) is 0 Å². The molecule has 4 aromatic rings. The topological polar surface area (TPSA) is 220 Å². The van der Waals surface area contributed by atoms with Crippen LogP contribution in [-0.2, 0) is 39.7 Å². The van der Waals surface area contributed by atoms with Gasteiger partial charge in [-0.05, 0) is 48.6 Å². The van der Waals surface area contributed by atoms with Crippen molar-refractivity contribution in [2.45, 2.75) is 19.6 Å². The molecule has 0 saturated carbocycles. The largest absolute Gasteiger partial charge is 0.496 e. The van der Waals surface area contributed by atoms with Gasteiger partial charge >= 0.3 is 0 Å². The lowest BCUT2D eigenvalue weighted by Crippen LogP contribution is -2.13. The number of rotatable bonds is 10. The van der Waals surface area contributed by atoms with Crippen LogP contribution in [-0.4, -0.2) is 60.4 Å². The van der Waals surface area contributed by atoms with Gasteiger partial charge in [0.1, 0.15) is 21.3 Å². The van der Waals surface area contributed by atoms with Crippen LogP contribution in [0.5, 0.6) is 11.5 Å². The molecule has 1 aliphatic heterocycles. The van der Waals surface area contributed by atoms with Crippen molar-refractivity contribution >= 4 is 65.4 Å². The second-order valence-electron chi connectivity index (χ2n) is 10.3. The molecule has 4 aromatic carbocycles. The van der Waals surface area contributed by atoms with E-state index < -0.39 is 72.8 Å². The molecule has 0 radical (unpaired) electrons. The predicted molar refractivity (Wildman–Crippen MR) is 178 cm³/mol. The maximum atomic E-state index is 13.7. The number of amides is 2. The third kappa shape index (κ3) is 7.25. The van der Waals surface area contributed by atoms with Crippen LogP contribution in [0.4, 0.5) is 11.4 Å². The molecule has 0 spiro atoms. The van der Waals surface area contributed by atoms with Crippen LogP contribution in [0.2, 0.25) is 0 Å². The van der Waals surface area contributed by atoms with Gasteiger partial charge in [-0.15, -0.1) is 0 Å². The molecule has 0 atom stereocenters. The molecular formula is C32H26N2O12S3. The van der Waals surface area contributed by atoms with Gasteiger partial charge in [0.05, 0.1) is 35.4 Å². The first kappa shape index (κ1) is 35.0. The quantitative estimate of drug-likeness (QED) is 0.117. The number of ether oxygens (including phenoxy) is 2. The van der Waals surface area contributed by atoms with Crippen molar-refractivity contribution < 1.29 is 53.4 Å². The molecule has 0 aromatic heterocycles. The van der Waals surface area contributed by atoms with E-state index in [0.29, 0.717) is 22.6 Å². The minimum absolute atomic E-state index is 0.357. The third-order valence-electron chi connectivity index (χ3n) is 7.21. The highest BCUT2D eigenvalue weighted by atomic mass is 32.2. The van der Waals surface area contributed by atoms with Gasteiger partial charge in [-0.2, -0.15) is 16.8 Å². The Hall–Kier alpha value is -5.33. The summed E-state index contributed by atoms with van der Waals surface area (Å²) in [6, 6.07) is 16.4. The summed E-state index contributed by atoms with van der Waals surface area (Å²) in [5, 5.41) is 4.50. The number of anilines is 2. The van der Waals surface area contributed by atoms with E-state index in [1.165, 1.54) is 26.4 Å². The minimum atomic E-state index is -5.11. The smallest absolute Gasteiger partial charge is 0.296 e. The van der Waals surface area contributed by atoms with Gasteiger partial charge in [-0.25, -0.2) is 8.42 Å². The molecule has 0 aliphatic carbocycles. The van der Waals surface area contributed by atoms with E-state index in [-0.39, 0.29) is 11.1 Å². The summed E-state index contributed by atoms with van der Waals surface area (Å²) in [7, 11) is -11.9. The molecule has 17 heteroatoms. The predicted octanol–water partition coefficient (Wildman–Crippen LogP) is 4.31. The molecule has 0 saturated heterocycles. The van der Waals surface area contributed by atoms with Gasteiger partial charge in [0.2, 0.25) is 21.7 Å². The van der Waals surface area contributed by atoms with Crippen LogP contribution < -0.4 is 20.1 Å². The van der Waals surface area contributed by atoms with Crippen LogP contribution in [0.3, 0.4) is 0 Å². The molecule has 0 fully saturated rings. The first-order valence-corrected chi connectivity index (χ1v) is 18.2. The Morgan fingerprint density at radius 2 is 1.02 bits per heavy atom. The van der Waals surface area contributed by atoms with E-state index in [4.69, 9.17) is 9.47 Å². The molecule has 254 valence electrons. The monoisotopic (exact) mass is 726 g/mol. The maximum Gasteiger partial charge on any atom is 0.296 e. The lowest BCUT2D eigenvalue weighted by Gasteiger charge is -2.12. The Bertz CT molecular complexity index is 2260. The normalized spacial score (nSPS) is 13.6. The number of carbonyl (C=O) groups excluding carboxylic acids is 2. The van der Waals surface area contributed by atoms with E-state index in [1.807, 2.05) is 0 Å². The highest BCUT2D eigenvalue weighted by Gasteiger charge is 2.38. The average molecular weight is 727 g/mol.